The molecule has 1 amide bonds. The van der Waals surface area contributed by atoms with E-state index in [0.29, 0.717) is 6.42 Å². The Kier molecular flexibility index (Phi) is 4.13. The largest absolute Gasteiger partial charge is 0.508 e. The van der Waals surface area contributed by atoms with Crippen molar-refractivity contribution >= 4 is 5.91 Å². The highest BCUT2D eigenvalue weighted by Crippen LogP contribution is 2.21. The summed E-state index contributed by atoms with van der Waals surface area (Å²) in [5.41, 5.74) is -0.00750. The zero-order valence-electron chi connectivity index (χ0n) is 8.97. The maximum Gasteiger partial charge on any atom is 0.255 e. The fourth-order valence-corrected chi connectivity index (χ4v) is 1.25. The fourth-order valence-electron chi connectivity index (χ4n) is 1.25. The maximum absolute atomic E-state index is 11.7. The molecule has 0 saturated carbocycles. The number of hydrogen-bond donors (Lipinski definition) is 4. The number of benzene rings is 1. The van der Waals surface area contributed by atoms with Crippen molar-refractivity contribution in [1.29, 1.82) is 0 Å². The first kappa shape index (κ1) is 12.3. The number of aliphatic hydroxyl groups is 1. The van der Waals surface area contributed by atoms with Crippen molar-refractivity contribution < 1.29 is 20.1 Å². The molecule has 0 saturated heterocycles. The summed E-state index contributed by atoms with van der Waals surface area (Å²) in [6.07, 6.45) is 0.585. The molecule has 0 spiro atoms. The van der Waals surface area contributed by atoms with Gasteiger partial charge >= 0.3 is 0 Å². The van der Waals surface area contributed by atoms with E-state index in [1.54, 1.807) is 0 Å². The molecular weight excluding hydrogens is 210 g/mol. The van der Waals surface area contributed by atoms with E-state index in [1.807, 2.05) is 6.92 Å². The van der Waals surface area contributed by atoms with E-state index in [4.69, 9.17) is 5.11 Å². The summed E-state index contributed by atoms with van der Waals surface area (Å²) in [7, 11) is 0. The lowest BCUT2D eigenvalue weighted by molar-refractivity contribution is 0.0912. The van der Waals surface area contributed by atoms with Crippen LogP contribution < -0.4 is 5.32 Å². The highest BCUT2D eigenvalue weighted by Gasteiger charge is 2.15. The molecule has 1 unspecified atom stereocenters. The van der Waals surface area contributed by atoms with Crippen LogP contribution in [0.1, 0.15) is 23.7 Å². The minimum atomic E-state index is -0.519. The lowest BCUT2D eigenvalue weighted by Crippen LogP contribution is -2.36. The Balaban J connectivity index is 2.83. The summed E-state index contributed by atoms with van der Waals surface area (Å²) in [6.45, 7) is 1.66. The molecule has 0 bridgehead atoms. The molecule has 16 heavy (non-hydrogen) atoms. The molecule has 0 fully saturated rings. The summed E-state index contributed by atoms with van der Waals surface area (Å²) in [4.78, 5) is 11.7. The van der Waals surface area contributed by atoms with Gasteiger partial charge in [-0.3, -0.25) is 4.79 Å². The number of hydrogen-bond acceptors (Lipinski definition) is 4. The molecule has 5 nitrogen and oxygen atoms in total. The van der Waals surface area contributed by atoms with Gasteiger partial charge in [0.1, 0.15) is 11.5 Å². The Bertz CT molecular complexity index is 374. The second-order valence-electron chi connectivity index (χ2n) is 3.46. The minimum absolute atomic E-state index is 0.00750. The summed E-state index contributed by atoms with van der Waals surface area (Å²) in [5.74, 6) is -0.822. The first-order valence-electron chi connectivity index (χ1n) is 5.02. The fraction of sp³-hybridized carbons (Fsp3) is 0.364. The predicted octanol–water partition coefficient (Wildman–Crippen LogP) is 0.599. The van der Waals surface area contributed by atoms with Gasteiger partial charge in [-0.05, 0) is 24.6 Å². The smallest absolute Gasteiger partial charge is 0.255 e. The van der Waals surface area contributed by atoms with Crippen LogP contribution in [-0.4, -0.2) is 33.9 Å². The van der Waals surface area contributed by atoms with Gasteiger partial charge in [-0.1, -0.05) is 6.92 Å². The Labute approximate surface area is 93.4 Å². The minimum Gasteiger partial charge on any atom is -0.508 e. The van der Waals surface area contributed by atoms with Crippen LogP contribution in [0.15, 0.2) is 18.2 Å². The number of carbonyl (C=O) groups excluding carboxylic acids is 1. The summed E-state index contributed by atoms with van der Waals surface area (Å²) >= 11 is 0. The summed E-state index contributed by atoms with van der Waals surface area (Å²) < 4.78 is 0. The van der Waals surface area contributed by atoms with Crippen molar-refractivity contribution in [3.8, 4) is 11.5 Å². The third kappa shape index (κ3) is 2.87. The topological polar surface area (TPSA) is 89.8 Å². The van der Waals surface area contributed by atoms with Gasteiger partial charge < -0.3 is 20.6 Å². The molecule has 0 aliphatic heterocycles. The van der Waals surface area contributed by atoms with Crippen LogP contribution in [0.4, 0.5) is 0 Å². The number of carbonyl (C=O) groups is 1. The van der Waals surface area contributed by atoms with E-state index < -0.39 is 5.91 Å². The first-order valence-corrected chi connectivity index (χ1v) is 5.02. The van der Waals surface area contributed by atoms with Gasteiger partial charge in [-0.15, -0.1) is 0 Å². The third-order valence-electron chi connectivity index (χ3n) is 2.27. The Morgan fingerprint density at radius 2 is 2.12 bits per heavy atom. The molecule has 0 aliphatic carbocycles. The molecule has 0 radical (unpaired) electrons. The molecule has 0 aliphatic rings. The monoisotopic (exact) mass is 225 g/mol. The van der Waals surface area contributed by atoms with Gasteiger partial charge in [0.25, 0.3) is 5.91 Å². The van der Waals surface area contributed by atoms with E-state index in [0.717, 1.165) is 0 Å². The van der Waals surface area contributed by atoms with Crippen molar-refractivity contribution in [2.75, 3.05) is 6.61 Å². The average molecular weight is 225 g/mol. The number of nitrogens with one attached hydrogen (secondary N) is 1. The highest BCUT2D eigenvalue weighted by atomic mass is 16.3. The van der Waals surface area contributed by atoms with Gasteiger partial charge in [-0.25, -0.2) is 0 Å². The number of aromatic hydroxyl groups is 2. The quantitative estimate of drug-likeness (QED) is 0.565. The summed E-state index contributed by atoms with van der Waals surface area (Å²) in [5, 5.41) is 30.1. The molecule has 0 aromatic heterocycles. The van der Waals surface area contributed by atoms with Crippen molar-refractivity contribution in [3.05, 3.63) is 23.8 Å². The van der Waals surface area contributed by atoms with Crippen molar-refractivity contribution in [1.82, 2.24) is 5.32 Å². The molecule has 4 N–H and O–H groups in total. The third-order valence-corrected chi connectivity index (χ3v) is 2.27. The van der Waals surface area contributed by atoms with Crippen molar-refractivity contribution in [2.24, 2.45) is 0 Å². The van der Waals surface area contributed by atoms with E-state index in [-0.39, 0.29) is 29.7 Å². The van der Waals surface area contributed by atoms with Crippen LogP contribution >= 0.6 is 0 Å². The van der Waals surface area contributed by atoms with Gasteiger partial charge in [-0.2, -0.15) is 0 Å². The van der Waals surface area contributed by atoms with E-state index in [1.165, 1.54) is 18.2 Å². The first-order chi connectivity index (χ1) is 7.58. The molecule has 5 heteroatoms. The standard InChI is InChI=1S/C11H15NO4/c1-2-7(6-13)12-11(16)9-5-8(14)3-4-10(9)15/h3-5,7,13-15H,2,6H2,1H3,(H,12,16). The molecular formula is C11H15NO4. The lowest BCUT2D eigenvalue weighted by atomic mass is 10.1. The van der Waals surface area contributed by atoms with E-state index in [2.05, 4.69) is 5.32 Å². The Morgan fingerprint density at radius 3 is 2.69 bits per heavy atom. The number of rotatable bonds is 4. The van der Waals surface area contributed by atoms with Crippen molar-refractivity contribution in [3.63, 3.8) is 0 Å². The molecule has 1 aromatic rings. The van der Waals surface area contributed by atoms with Gasteiger partial charge in [0.2, 0.25) is 0 Å². The SMILES string of the molecule is CCC(CO)NC(=O)c1cc(O)ccc1O. The number of amides is 1. The second kappa shape index (κ2) is 5.37. The van der Waals surface area contributed by atoms with Gasteiger partial charge in [0, 0.05) is 0 Å². The van der Waals surface area contributed by atoms with Crippen LogP contribution in [0.2, 0.25) is 0 Å². The normalized spacial score (nSPS) is 12.1. The maximum atomic E-state index is 11.7. The Morgan fingerprint density at radius 1 is 1.44 bits per heavy atom. The average Bonchev–Trinajstić information content (AvgIpc) is 2.28. The van der Waals surface area contributed by atoms with Gasteiger partial charge in [0.15, 0.2) is 0 Å². The van der Waals surface area contributed by atoms with Gasteiger partial charge in [0.05, 0.1) is 18.2 Å². The molecule has 1 atom stereocenters. The van der Waals surface area contributed by atoms with Crippen LogP contribution in [0.5, 0.6) is 11.5 Å². The van der Waals surface area contributed by atoms with Crippen molar-refractivity contribution in [2.45, 2.75) is 19.4 Å². The molecule has 0 heterocycles. The lowest BCUT2D eigenvalue weighted by Gasteiger charge is -2.14. The number of phenolic OH excluding ortho intramolecular Hbond substituents is 2. The molecule has 1 aromatic carbocycles. The van der Waals surface area contributed by atoms with E-state index >= 15 is 0 Å². The Hall–Kier alpha value is -1.75. The molecule has 1 rings (SSSR count). The zero-order valence-corrected chi connectivity index (χ0v) is 8.97. The summed E-state index contributed by atoms with van der Waals surface area (Å²) in [6, 6.07) is 3.35. The van der Waals surface area contributed by atoms with Crippen LogP contribution in [0, 0.1) is 0 Å². The highest BCUT2D eigenvalue weighted by molar-refractivity contribution is 5.97. The van der Waals surface area contributed by atoms with Crippen LogP contribution in [0.3, 0.4) is 0 Å². The number of aliphatic hydroxyl groups excluding tert-OH is 1. The predicted molar refractivity (Wildman–Crippen MR) is 58.4 cm³/mol. The number of phenols is 2. The van der Waals surface area contributed by atoms with E-state index in [9.17, 15) is 15.0 Å². The zero-order chi connectivity index (χ0) is 12.1. The second-order valence-corrected chi connectivity index (χ2v) is 3.46. The molecule has 88 valence electrons. The van der Waals surface area contributed by atoms with Crippen LogP contribution in [-0.2, 0) is 0 Å². The van der Waals surface area contributed by atoms with Crippen LogP contribution in [0.25, 0.3) is 0 Å².